The van der Waals surface area contributed by atoms with E-state index < -0.39 is 0 Å². The predicted molar refractivity (Wildman–Crippen MR) is 77.8 cm³/mol. The molecule has 0 aromatic rings. The van der Waals surface area contributed by atoms with Gasteiger partial charge in [-0.2, -0.15) is 0 Å². The van der Waals surface area contributed by atoms with Crippen LogP contribution >= 0.6 is 11.8 Å². The van der Waals surface area contributed by atoms with Crippen molar-refractivity contribution in [2.75, 3.05) is 26.2 Å². The average Bonchev–Trinajstić information content (AvgIpc) is 2.28. The van der Waals surface area contributed by atoms with Gasteiger partial charge in [0, 0.05) is 31.6 Å². The lowest BCUT2D eigenvalue weighted by molar-refractivity contribution is -0.113. The predicted octanol–water partition coefficient (Wildman–Crippen LogP) is 2.56. The van der Waals surface area contributed by atoms with Gasteiger partial charge in [0.1, 0.15) is 0 Å². The summed E-state index contributed by atoms with van der Waals surface area (Å²) >= 11 is 1.62. The molecule has 2 aliphatic heterocycles. The van der Waals surface area contributed by atoms with Gasteiger partial charge in [-0.05, 0) is 40.2 Å². The maximum absolute atomic E-state index is 11.9. The smallest absolute Gasteiger partial charge is 0.192 e. The van der Waals surface area contributed by atoms with Crippen molar-refractivity contribution in [3.63, 3.8) is 0 Å². The van der Waals surface area contributed by atoms with Gasteiger partial charge >= 0.3 is 0 Å². The summed E-state index contributed by atoms with van der Waals surface area (Å²) in [6.45, 7) is 13.4. The van der Waals surface area contributed by atoms with Crippen LogP contribution in [0.3, 0.4) is 0 Å². The third-order valence-corrected chi connectivity index (χ3v) is 5.67. The van der Waals surface area contributed by atoms with Crippen LogP contribution in [-0.2, 0) is 4.79 Å². The molecule has 0 radical (unpaired) electrons. The van der Waals surface area contributed by atoms with E-state index in [1.807, 2.05) is 0 Å². The SMILES string of the molecule is CCN1CCC2(CC1)SC(=O)CCN2C(C)(C)C. The van der Waals surface area contributed by atoms with Crippen LogP contribution in [-0.4, -0.2) is 51.5 Å². The molecule has 0 aromatic carbocycles. The molecule has 0 aromatic heterocycles. The van der Waals surface area contributed by atoms with Crippen molar-refractivity contribution in [3.05, 3.63) is 0 Å². The molecule has 18 heavy (non-hydrogen) atoms. The highest BCUT2D eigenvalue weighted by atomic mass is 32.2. The van der Waals surface area contributed by atoms with Gasteiger partial charge < -0.3 is 4.90 Å². The first-order valence-corrected chi connectivity index (χ1v) is 7.91. The van der Waals surface area contributed by atoms with Crippen LogP contribution in [0.1, 0.15) is 47.0 Å². The minimum Gasteiger partial charge on any atom is -0.303 e. The zero-order valence-electron chi connectivity index (χ0n) is 12.2. The number of thioether (sulfide) groups is 1. The molecular formula is C14H26N2OS. The first-order chi connectivity index (χ1) is 8.37. The number of carbonyl (C=O) groups is 1. The summed E-state index contributed by atoms with van der Waals surface area (Å²) in [5.41, 5.74) is 0.155. The molecule has 2 heterocycles. The van der Waals surface area contributed by atoms with E-state index in [-0.39, 0.29) is 10.4 Å². The Bertz CT molecular complexity index is 316. The summed E-state index contributed by atoms with van der Waals surface area (Å²) in [6, 6.07) is 0. The monoisotopic (exact) mass is 270 g/mol. The van der Waals surface area contributed by atoms with Crippen LogP contribution in [0.4, 0.5) is 0 Å². The average molecular weight is 270 g/mol. The maximum atomic E-state index is 11.9. The van der Waals surface area contributed by atoms with Gasteiger partial charge in [-0.1, -0.05) is 18.7 Å². The van der Waals surface area contributed by atoms with E-state index in [1.54, 1.807) is 11.8 Å². The van der Waals surface area contributed by atoms with Crippen LogP contribution in [0.5, 0.6) is 0 Å². The highest BCUT2D eigenvalue weighted by molar-refractivity contribution is 8.14. The van der Waals surface area contributed by atoms with E-state index in [9.17, 15) is 4.79 Å². The Morgan fingerprint density at radius 2 is 1.83 bits per heavy atom. The molecule has 0 unspecified atom stereocenters. The Morgan fingerprint density at radius 3 is 2.33 bits per heavy atom. The van der Waals surface area contributed by atoms with E-state index in [4.69, 9.17) is 0 Å². The van der Waals surface area contributed by atoms with Crippen molar-refractivity contribution in [1.82, 2.24) is 9.80 Å². The molecular weight excluding hydrogens is 244 g/mol. The molecule has 2 saturated heterocycles. The highest BCUT2D eigenvalue weighted by Crippen LogP contribution is 2.46. The van der Waals surface area contributed by atoms with Crippen molar-refractivity contribution in [2.24, 2.45) is 0 Å². The van der Waals surface area contributed by atoms with E-state index in [0.29, 0.717) is 11.5 Å². The van der Waals surface area contributed by atoms with Crippen LogP contribution in [0, 0.1) is 0 Å². The fourth-order valence-corrected chi connectivity index (χ4v) is 4.74. The van der Waals surface area contributed by atoms with Gasteiger partial charge in [-0.15, -0.1) is 0 Å². The van der Waals surface area contributed by atoms with Gasteiger partial charge in [-0.3, -0.25) is 9.69 Å². The summed E-state index contributed by atoms with van der Waals surface area (Å²) in [7, 11) is 0. The largest absolute Gasteiger partial charge is 0.303 e. The Morgan fingerprint density at radius 1 is 1.22 bits per heavy atom. The molecule has 2 aliphatic rings. The Balaban J connectivity index is 2.17. The molecule has 0 saturated carbocycles. The zero-order chi connectivity index (χ0) is 13.4. The van der Waals surface area contributed by atoms with Crippen molar-refractivity contribution in [3.8, 4) is 0 Å². The van der Waals surface area contributed by atoms with Crippen LogP contribution in [0.25, 0.3) is 0 Å². The highest BCUT2D eigenvalue weighted by Gasteiger charge is 2.48. The van der Waals surface area contributed by atoms with E-state index in [0.717, 1.165) is 39.0 Å². The van der Waals surface area contributed by atoms with Crippen LogP contribution in [0.2, 0.25) is 0 Å². The number of nitrogens with zero attached hydrogens (tertiary/aromatic N) is 2. The van der Waals surface area contributed by atoms with Crippen LogP contribution in [0.15, 0.2) is 0 Å². The number of carbonyl (C=O) groups excluding carboxylic acids is 1. The van der Waals surface area contributed by atoms with Crippen molar-refractivity contribution < 1.29 is 4.79 Å². The summed E-state index contributed by atoms with van der Waals surface area (Å²) in [6.07, 6.45) is 2.95. The molecule has 104 valence electrons. The second-order valence-corrected chi connectivity index (χ2v) is 7.85. The molecule has 0 bridgehead atoms. The summed E-state index contributed by atoms with van der Waals surface area (Å²) in [5, 5.41) is 0.389. The number of rotatable bonds is 1. The number of hydrogen-bond acceptors (Lipinski definition) is 4. The Kier molecular flexibility index (Phi) is 4.10. The Labute approximate surface area is 115 Å². The van der Waals surface area contributed by atoms with Gasteiger partial charge in [0.25, 0.3) is 0 Å². The first kappa shape index (κ1) is 14.4. The molecule has 4 heteroatoms. The molecule has 0 aliphatic carbocycles. The third kappa shape index (κ3) is 2.75. The van der Waals surface area contributed by atoms with E-state index in [1.165, 1.54) is 0 Å². The topological polar surface area (TPSA) is 23.6 Å². The number of likely N-dealkylation sites (tertiary alicyclic amines) is 1. The van der Waals surface area contributed by atoms with Gasteiger partial charge in [0.15, 0.2) is 5.12 Å². The summed E-state index contributed by atoms with van der Waals surface area (Å²) in [5.74, 6) is 0. The molecule has 1 spiro atoms. The van der Waals surface area contributed by atoms with Crippen molar-refractivity contribution in [1.29, 1.82) is 0 Å². The quantitative estimate of drug-likeness (QED) is 0.730. The molecule has 2 rings (SSSR count). The first-order valence-electron chi connectivity index (χ1n) is 7.09. The summed E-state index contributed by atoms with van der Waals surface area (Å²) in [4.78, 5) is 17.0. The molecule has 0 N–H and O–H groups in total. The number of piperidine rings is 1. The van der Waals surface area contributed by atoms with Gasteiger partial charge in [0.05, 0.1) is 4.87 Å². The summed E-state index contributed by atoms with van der Waals surface area (Å²) < 4.78 is 0. The molecule has 2 fully saturated rings. The molecule has 3 nitrogen and oxygen atoms in total. The second kappa shape index (κ2) is 5.14. The lowest BCUT2D eigenvalue weighted by atomic mass is 9.94. The van der Waals surface area contributed by atoms with Gasteiger partial charge in [0.2, 0.25) is 0 Å². The normalized spacial score (nSPS) is 26.8. The minimum atomic E-state index is 0.0687. The minimum absolute atomic E-state index is 0.0687. The fourth-order valence-electron chi connectivity index (χ4n) is 3.26. The van der Waals surface area contributed by atoms with Crippen molar-refractivity contribution in [2.45, 2.75) is 57.4 Å². The van der Waals surface area contributed by atoms with E-state index >= 15 is 0 Å². The zero-order valence-corrected chi connectivity index (χ0v) is 13.0. The second-order valence-electron chi connectivity index (χ2n) is 6.43. The standard InChI is InChI=1S/C14H26N2OS/c1-5-15-10-7-14(8-11-15)16(13(2,3)4)9-6-12(17)18-14/h5-11H2,1-4H3. The lowest BCUT2D eigenvalue weighted by Crippen LogP contribution is -2.62. The fraction of sp³-hybridized carbons (Fsp3) is 0.929. The van der Waals surface area contributed by atoms with Gasteiger partial charge in [-0.25, -0.2) is 0 Å². The number of hydrogen-bond donors (Lipinski definition) is 0. The van der Waals surface area contributed by atoms with E-state index in [2.05, 4.69) is 37.5 Å². The Hall–Kier alpha value is -0.0600. The molecule has 0 atom stereocenters. The lowest BCUT2D eigenvalue weighted by Gasteiger charge is -2.55. The van der Waals surface area contributed by atoms with Crippen molar-refractivity contribution >= 4 is 16.9 Å². The third-order valence-electron chi connectivity index (χ3n) is 4.23. The van der Waals surface area contributed by atoms with Crippen LogP contribution < -0.4 is 0 Å². The molecule has 0 amide bonds. The maximum Gasteiger partial charge on any atom is 0.192 e.